The van der Waals surface area contributed by atoms with E-state index < -0.39 is 0 Å². The van der Waals surface area contributed by atoms with Gasteiger partial charge in [-0.3, -0.25) is 0 Å². The standard InChI is InChI=1S/C36H32N2O/c1-25-22-26(2)34(27(3)23-25)38-24-37(32-20-12-10-18-30(32)31-19-11-13-21-33(31)39)35(28-14-6-4-7-15-28)36(38)29-16-8-5-9-17-29/h4-23,35-36,39H,1-3H3/t35-,36-/m1/s1. The van der Waals surface area contributed by atoms with Gasteiger partial charge in [-0.15, -0.1) is 0 Å². The van der Waals surface area contributed by atoms with Crippen LogP contribution in [0.2, 0.25) is 0 Å². The molecule has 2 atom stereocenters. The second kappa shape index (κ2) is 10.3. The predicted molar refractivity (Wildman–Crippen MR) is 161 cm³/mol. The molecule has 0 aromatic heterocycles. The first kappa shape index (κ1) is 24.8. The number of hydrogen-bond acceptors (Lipinski definition) is 3. The second-order valence-corrected chi connectivity index (χ2v) is 10.3. The van der Waals surface area contributed by atoms with Crippen LogP contribution in [0.5, 0.6) is 5.75 Å². The van der Waals surface area contributed by atoms with Crippen molar-refractivity contribution in [2.45, 2.75) is 32.9 Å². The quantitative estimate of drug-likeness (QED) is 0.257. The van der Waals surface area contributed by atoms with Gasteiger partial charge in [0.05, 0.1) is 12.1 Å². The summed E-state index contributed by atoms with van der Waals surface area (Å²) in [4.78, 5) is 4.60. The number of aromatic hydroxyl groups is 1. The number of anilines is 2. The van der Waals surface area contributed by atoms with E-state index in [4.69, 9.17) is 0 Å². The molecular formula is C36H32N2O. The lowest BCUT2D eigenvalue weighted by molar-refractivity contribution is 0.477. The maximum atomic E-state index is 10.8. The Labute approximate surface area is 231 Å². The monoisotopic (exact) mass is 508 g/mol. The van der Waals surface area contributed by atoms with Crippen LogP contribution in [0, 0.1) is 27.4 Å². The summed E-state index contributed by atoms with van der Waals surface area (Å²) >= 11 is 0. The number of aryl methyl sites for hydroxylation is 3. The normalized spacial score (nSPS) is 17.0. The van der Waals surface area contributed by atoms with Crippen LogP contribution in [-0.2, 0) is 0 Å². The highest BCUT2D eigenvalue weighted by atomic mass is 16.3. The van der Waals surface area contributed by atoms with Crippen molar-refractivity contribution in [3.63, 3.8) is 0 Å². The first-order valence-corrected chi connectivity index (χ1v) is 13.4. The lowest BCUT2D eigenvalue weighted by atomic mass is 9.91. The first-order valence-electron chi connectivity index (χ1n) is 13.4. The number of benzene rings is 5. The van der Waals surface area contributed by atoms with Gasteiger partial charge in [0.15, 0.2) is 0 Å². The Morgan fingerprint density at radius 3 is 1.64 bits per heavy atom. The van der Waals surface area contributed by atoms with Gasteiger partial charge in [0.25, 0.3) is 0 Å². The molecule has 5 aromatic rings. The molecule has 6 rings (SSSR count). The van der Waals surface area contributed by atoms with Crippen LogP contribution in [-0.4, -0.2) is 5.11 Å². The molecule has 0 unspecified atom stereocenters. The summed E-state index contributed by atoms with van der Waals surface area (Å²) < 4.78 is 0. The van der Waals surface area contributed by atoms with E-state index in [1.807, 2.05) is 24.3 Å². The molecule has 0 aliphatic carbocycles. The highest BCUT2D eigenvalue weighted by molar-refractivity contribution is 5.84. The molecule has 0 amide bonds. The molecule has 2 radical (unpaired) electrons. The number of phenols is 1. The predicted octanol–water partition coefficient (Wildman–Crippen LogP) is 8.79. The fourth-order valence-electron chi connectivity index (χ4n) is 6.04. The zero-order valence-corrected chi connectivity index (χ0v) is 22.5. The largest absolute Gasteiger partial charge is 0.507 e. The molecule has 192 valence electrons. The van der Waals surface area contributed by atoms with Crippen LogP contribution in [0.15, 0.2) is 121 Å². The maximum Gasteiger partial charge on any atom is 0.210 e. The van der Waals surface area contributed by atoms with Crippen LogP contribution in [0.25, 0.3) is 11.1 Å². The number of rotatable bonds is 5. The summed E-state index contributed by atoms with van der Waals surface area (Å²) in [5.41, 5.74) is 10.1. The summed E-state index contributed by atoms with van der Waals surface area (Å²) in [5.74, 6) is 0.266. The summed E-state index contributed by atoms with van der Waals surface area (Å²) in [5, 5.41) is 10.8. The molecule has 3 heteroatoms. The lowest BCUT2D eigenvalue weighted by Crippen LogP contribution is -2.24. The fourth-order valence-corrected chi connectivity index (χ4v) is 6.04. The molecule has 0 spiro atoms. The summed E-state index contributed by atoms with van der Waals surface area (Å²) in [6.07, 6.45) is 0. The number of nitrogens with zero attached hydrogens (tertiary/aromatic N) is 2. The Balaban J connectivity index is 1.60. The molecule has 1 saturated heterocycles. The van der Waals surface area contributed by atoms with Crippen molar-refractivity contribution in [2.75, 3.05) is 9.80 Å². The topological polar surface area (TPSA) is 26.7 Å². The summed E-state index contributed by atoms with van der Waals surface area (Å²) in [6, 6.07) is 41.7. The van der Waals surface area contributed by atoms with Crippen LogP contribution < -0.4 is 9.80 Å². The molecular weight excluding hydrogens is 476 g/mol. The molecule has 0 bridgehead atoms. The van der Waals surface area contributed by atoms with Gasteiger partial charge in [0.1, 0.15) is 5.75 Å². The highest BCUT2D eigenvalue weighted by Crippen LogP contribution is 2.53. The molecule has 1 aliphatic rings. The number of phenolic OH excluding ortho intramolecular Hbond substituents is 1. The third-order valence-corrected chi connectivity index (χ3v) is 7.59. The zero-order valence-electron chi connectivity index (χ0n) is 22.5. The van der Waals surface area contributed by atoms with Crippen molar-refractivity contribution < 1.29 is 5.11 Å². The molecule has 3 nitrogen and oxygen atoms in total. The van der Waals surface area contributed by atoms with Crippen LogP contribution in [0.3, 0.4) is 0 Å². The van der Waals surface area contributed by atoms with Gasteiger partial charge in [0.2, 0.25) is 6.67 Å². The molecule has 5 aromatic carbocycles. The zero-order chi connectivity index (χ0) is 26.9. The molecule has 1 fully saturated rings. The molecule has 1 heterocycles. The van der Waals surface area contributed by atoms with Crippen LogP contribution >= 0.6 is 0 Å². The van der Waals surface area contributed by atoms with Gasteiger partial charge >= 0.3 is 0 Å². The third kappa shape index (κ3) is 4.55. The van der Waals surface area contributed by atoms with Gasteiger partial charge in [-0.2, -0.15) is 0 Å². The van der Waals surface area contributed by atoms with Crippen LogP contribution in [0.1, 0.15) is 39.9 Å². The van der Waals surface area contributed by atoms with Gasteiger partial charge in [-0.25, -0.2) is 0 Å². The summed E-state index contributed by atoms with van der Waals surface area (Å²) in [6.45, 7) is 10.4. The number of para-hydroxylation sites is 2. The first-order chi connectivity index (χ1) is 19.0. The van der Waals surface area contributed by atoms with E-state index in [1.165, 1.54) is 33.5 Å². The average molecular weight is 509 g/mol. The van der Waals surface area contributed by atoms with E-state index in [2.05, 4.69) is 128 Å². The van der Waals surface area contributed by atoms with Crippen molar-refractivity contribution in [3.05, 3.63) is 156 Å². The Morgan fingerprint density at radius 2 is 1.05 bits per heavy atom. The Bertz CT molecular complexity index is 1570. The van der Waals surface area contributed by atoms with Gasteiger partial charge in [-0.1, -0.05) is 115 Å². The molecule has 1 N–H and O–H groups in total. The van der Waals surface area contributed by atoms with Crippen molar-refractivity contribution in [2.24, 2.45) is 0 Å². The molecule has 39 heavy (non-hydrogen) atoms. The smallest absolute Gasteiger partial charge is 0.210 e. The van der Waals surface area contributed by atoms with Crippen molar-refractivity contribution >= 4 is 11.4 Å². The Morgan fingerprint density at radius 1 is 0.564 bits per heavy atom. The minimum absolute atomic E-state index is 0.0221. The molecule has 1 aliphatic heterocycles. The van der Waals surface area contributed by atoms with Crippen molar-refractivity contribution in [3.8, 4) is 16.9 Å². The summed E-state index contributed by atoms with van der Waals surface area (Å²) in [7, 11) is 0. The van der Waals surface area contributed by atoms with E-state index in [0.717, 1.165) is 16.8 Å². The average Bonchev–Trinajstić information content (AvgIpc) is 3.33. The Hall–Kier alpha value is -4.50. The highest BCUT2D eigenvalue weighted by Gasteiger charge is 2.45. The van der Waals surface area contributed by atoms with E-state index in [1.54, 1.807) is 6.07 Å². The minimum atomic E-state index is -0.0549. The van der Waals surface area contributed by atoms with Crippen LogP contribution in [0.4, 0.5) is 11.4 Å². The second-order valence-electron chi connectivity index (χ2n) is 10.3. The fraction of sp³-hybridized carbons (Fsp3) is 0.139. The lowest BCUT2D eigenvalue weighted by Gasteiger charge is -2.32. The van der Waals surface area contributed by atoms with Gasteiger partial charge in [0, 0.05) is 22.5 Å². The Kier molecular flexibility index (Phi) is 6.58. The van der Waals surface area contributed by atoms with Crippen molar-refractivity contribution in [1.82, 2.24) is 0 Å². The van der Waals surface area contributed by atoms with E-state index in [-0.39, 0.29) is 17.8 Å². The van der Waals surface area contributed by atoms with E-state index in [9.17, 15) is 5.11 Å². The van der Waals surface area contributed by atoms with E-state index >= 15 is 0 Å². The molecule has 0 saturated carbocycles. The SMILES string of the molecule is Cc1cc(C)c(N2[C]N(c3ccccc3-c3ccccc3O)[C@H](c3ccccc3)[C@H]2c2ccccc2)c(C)c1. The van der Waals surface area contributed by atoms with Gasteiger partial charge in [-0.05, 0) is 55.2 Å². The van der Waals surface area contributed by atoms with Gasteiger partial charge < -0.3 is 14.9 Å². The van der Waals surface area contributed by atoms with Crippen molar-refractivity contribution in [1.29, 1.82) is 0 Å². The minimum Gasteiger partial charge on any atom is -0.507 e. The maximum absolute atomic E-state index is 10.8. The third-order valence-electron chi connectivity index (χ3n) is 7.59. The number of hydrogen-bond donors (Lipinski definition) is 1. The van der Waals surface area contributed by atoms with E-state index in [0.29, 0.717) is 0 Å².